The van der Waals surface area contributed by atoms with Gasteiger partial charge in [-0.2, -0.15) is 0 Å². The number of halogens is 2. The number of primary amides is 1. The van der Waals surface area contributed by atoms with E-state index in [2.05, 4.69) is 9.80 Å². The number of hydrogen-bond donors (Lipinski definition) is 1. The Morgan fingerprint density at radius 3 is 2.61 bits per heavy atom. The highest BCUT2D eigenvalue weighted by Crippen LogP contribution is 2.53. The van der Waals surface area contributed by atoms with E-state index in [-0.39, 0.29) is 4.00 Å². The number of rotatable bonds is 5. The second-order valence-electron chi connectivity index (χ2n) is 7.06. The third-order valence-electron chi connectivity index (χ3n) is 5.37. The van der Waals surface area contributed by atoms with Crippen LogP contribution in [0.1, 0.15) is 10.4 Å². The van der Waals surface area contributed by atoms with Gasteiger partial charge in [0.05, 0.1) is 13.2 Å². The maximum atomic E-state index is 12.0. The number of morpholine rings is 1. The fraction of sp³-hybridized carbons (Fsp3) is 0.350. The summed E-state index contributed by atoms with van der Waals surface area (Å²) in [7, 11) is 0. The number of quaternary nitrogens is 1. The summed E-state index contributed by atoms with van der Waals surface area (Å²) >= 11 is 13.7. The van der Waals surface area contributed by atoms with Crippen LogP contribution in [0.2, 0.25) is 5.02 Å². The SMILES string of the molecule is NC(=O)c1ccccc1[N+]1(Cl)CN(CCN2CCOCC2)c2cccc(Cl)c21. The Morgan fingerprint density at radius 1 is 1.11 bits per heavy atom. The third-order valence-corrected chi connectivity index (χ3v) is 6.13. The summed E-state index contributed by atoms with van der Waals surface area (Å²) in [6.45, 7) is 5.58. The highest BCUT2D eigenvalue weighted by atomic mass is 35.5. The average molecular weight is 422 g/mol. The predicted molar refractivity (Wildman–Crippen MR) is 113 cm³/mol. The maximum Gasteiger partial charge on any atom is 0.254 e. The molecule has 4 rings (SSSR count). The largest absolute Gasteiger partial charge is 0.379 e. The van der Waals surface area contributed by atoms with Crippen LogP contribution < -0.4 is 14.6 Å². The van der Waals surface area contributed by atoms with Crippen LogP contribution in [0, 0.1) is 0 Å². The van der Waals surface area contributed by atoms with E-state index in [4.69, 9.17) is 33.8 Å². The van der Waals surface area contributed by atoms with Gasteiger partial charge in [-0.1, -0.05) is 29.8 Å². The Hall–Kier alpha value is -1.83. The molecular weight excluding hydrogens is 399 g/mol. The number of amides is 1. The summed E-state index contributed by atoms with van der Waals surface area (Å²) in [5, 5.41) is 0.570. The molecule has 0 aliphatic carbocycles. The summed E-state index contributed by atoms with van der Waals surface area (Å²) in [5.41, 5.74) is 8.42. The number of carbonyl (C=O) groups is 1. The Morgan fingerprint density at radius 2 is 1.86 bits per heavy atom. The van der Waals surface area contributed by atoms with Crippen LogP contribution in [0.25, 0.3) is 0 Å². The molecule has 0 spiro atoms. The summed E-state index contributed by atoms with van der Waals surface area (Å²) < 4.78 is 5.33. The van der Waals surface area contributed by atoms with Gasteiger partial charge in [-0.05, 0) is 18.2 Å². The molecule has 1 unspecified atom stereocenters. The van der Waals surface area contributed by atoms with Gasteiger partial charge in [0.2, 0.25) is 0 Å². The zero-order valence-electron chi connectivity index (χ0n) is 15.5. The van der Waals surface area contributed by atoms with Crippen molar-refractivity contribution in [1.82, 2.24) is 8.90 Å². The first-order valence-electron chi connectivity index (χ1n) is 9.32. The zero-order valence-corrected chi connectivity index (χ0v) is 17.0. The second-order valence-corrected chi connectivity index (χ2v) is 8.05. The van der Waals surface area contributed by atoms with Crippen LogP contribution in [-0.2, 0) is 4.74 Å². The zero-order chi connectivity index (χ0) is 19.7. The molecule has 0 aromatic heterocycles. The molecule has 1 fully saturated rings. The first-order valence-corrected chi connectivity index (χ1v) is 10.0. The number of nitrogens with zero attached hydrogens (tertiary/aromatic N) is 3. The van der Waals surface area contributed by atoms with Crippen molar-refractivity contribution in [1.29, 1.82) is 0 Å². The van der Waals surface area contributed by atoms with E-state index < -0.39 is 5.91 Å². The molecule has 2 aromatic carbocycles. The minimum absolute atomic E-state index is 0.1000. The third kappa shape index (κ3) is 3.47. The molecule has 0 saturated carbocycles. The second kappa shape index (κ2) is 7.89. The first-order chi connectivity index (χ1) is 13.5. The van der Waals surface area contributed by atoms with Crippen LogP contribution in [0.4, 0.5) is 17.1 Å². The molecule has 0 bridgehead atoms. The standard InChI is InChI=1S/C20H22Cl2N4O2/c21-16-5-3-6-17-19(16)26(22,18-7-2-1-4-15(18)20(23)27)14-25(17)9-8-24-10-12-28-13-11-24/h1-7H,8-14H2,(H-,23,27)/p+1. The van der Waals surface area contributed by atoms with Gasteiger partial charge in [0.25, 0.3) is 5.91 Å². The van der Waals surface area contributed by atoms with Gasteiger partial charge in [0, 0.05) is 32.2 Å². The molecule has 8 heteroatoms. The van der Waals surface area contributed by atoms with Crippen molar-refractivity contribution in [2.75, 3.05) is 51.0 Å². The lowest BCUT2D eigenvalue weighted by molar-refractivity contribution is 0.0391. The number of nitrogens with two attached hydrogens (primary N) is 1. The quantitative estimate of drug-likeness (QED) is 0.751. The van der Waals surface area contributed by atoms with Crippen molar-refractivity contribution < 1.29 is 9.53 Å². The van der Waals surface area contributed by atoms with Crippen LogP contribution in [-0.4, -0.2) is 56.9 Å². The van der Waals surface area contributed by atoms with E-state index in [1.54, 1.807) is 12.1 Å². The molecule has 6 nitrogen and oxygen atoms in total. The molecule has 2 N–H and O–H groups in total. The maximum absolute atomic E-state index is 12.0. The van der Waals surface area contributed by atoms with Crippen LogP contribution in [0.15, 0.2) is 42.5 Å². The van der Waals surface area contributed by atoms with Crippen LogP contribution in [0.3, 0.4) is 0 Å². The molecule has 2 aliphatic rings. The molecule has 28 heavy (non-hydrogen) atoms. The van der Waals surface area contributed by atoms with E-state index >= 15 is 0 Å². The van der Waals surface area contributed by atoms with Gasteiger partial charge < -0.3 is 15.4 Å². The van der Waals surface area contributed by atoms with E-state index in [9.17, 15) is 4.79 Å². The van der Waals surface area contributed by atoms with Crippen molar-refractivity contribution in [3.05, 3.63) is 53.1 Å². The molecule has 1 saturated heterocycles. The first kappa shape index (κ1) is 19.5. The van der Waals surface area contributed by atoms with Crippen molar-refractivity contribution in [2.24, 2.45) is 5.73 Å². The average Bonchev–Trinajstić information content (AvgIpc) is 3.01. The van der Waals surface area contributed by atoms with Crippen LogP contribution >= 0.6 is 23.4 Å². The minimum Gasteiger partial charge on any atom is -0.379 e. The Balaban J connectivity index is 1.69. The normalized spacial score (nSPS) is 22.3. The van der Waals surface area contributed by atoms with Gasteiger partial charge in [-0.3, -0.25) is 9.69 Å². The van der Waals surface area contributed by atoms with Gasteiger partial charge in [-0.25, -0.2) is 0 Å². The summed E-state index contributed by atoms with van der Waals surface area (Å²) in [6, 6.07) is 13.0. The lowest BCUT2D eigenvalue weighted by atomic mass is 10.1. The number of anilines is 1. The minimum atomic E-state index is -0.505. The number of ether oxygens (including phenoxy) is 1. The van der Waals surface area contributed by atoms with Crippen molar-refractivity contribution >= 4 is 46.3 Å². The Bertz CT molecular complexity index is 888. The fourth-order valence-electron chi connectivity index (χ4n) is 3.96. The van der Waals surface area contributed by atoms with E-state index in [1.807, 2.05) is 30.3 Å². The van der Waals surface area contributed by atoms with Crippen molar-refractivity contribution in [3.63, 3.8) is 0 Å². The molecule has 2 heterocycles. The van der Waals surface area contributed by atoms with Crippen molar-refractivity contribution in [2.45, 2.75) is 0 Å². The van der Waals surface area contributed by atoms with Gasteiger partial charge in [0.15, 0.2) is 29.8 Å². The monoisotopic (exact) mass is 421 g/mol. The molecule has 0 radical (unpaired) electrons. The van der Waals surface area contributed by atoms with Crippen LogP contribution in [0.5, 0.6) is 0 Å². The van der Waals surface area contributed by atoms with Crippen molar-refractivity contribution in [3.8, 4) is 0 Å². The van der Waals surface area contributed by atoms with E-state index in [0.29, 0.717) is 22.9 Å². The molecule has 148 valence electrons. The number of hydrogen-bond acceptors (Lipinski definition) is 4. The fourth-order valence-corrected chi connectivity index (χ4v) is 4.77. The van der Waals surface area contributed by atoms with E-state index in [1.165, 1.54) is 0 Å². The Labute approximate surface area is 174 Å². The molecule has 2 aromatic rings. The van der Waals surface area contributed by atoms with E-state index in [0.717, 1.165) is 50.8 Å². The van der Waals surface area contributed by atoms with Gasteiger partial charge in [-0.15, -0.1) is 4.00 Å². The molecular formula is C20H23Cl2N4O2+. The smallest absolute Gasteiger partial charge is 0.254 e. The number of carbonyl (C=O) groups excluding carboxylic acids is 1. The summed E-state index contributed by atoms with van der Waals surface area (Å²) in [4.78, 5) is 16.6. The number of para-hydroxylation sites is 2. The molecule has 1 amide bonds. The molecule has 2 aliphatic heterocycles. The lowest BCUT2D eigenvalue weighted by Gasteiger charge is -2.29. The molecule has 1 atom stereocenters. The lowest BCUT2D eigenvalue weighted by Crippen LogP contribution is -2.44. The summed E-state index contributed by atoms with van der Waals surface area (Å²) in [5.74, 6) is -0.505. The highest BCUT2D eigenvalue weighted by Gasteiger charge is 2.48. The number of benzene rings is 2. The summed E-state index contributed by atoms with van der Waals surface area (Å²) in [6.07, 6.45) is 0. The Kier molecular flexibility index (Phi) is 5.49. The van der Waals surface area contributed by atoms with Gasteiger partial charge >= 0.3 is 0 Å². The van der Waals surface area contributed by atoms with Gasteiger partial charge in [0.1, 0.15) is 16.3 Å². The number of fused-ring (bicyclic) bond motifs is 1. The highest BCUT2D eigenvalue weighted by molar-refractivity contribution is 6.37. The topological polar surface area (TPSA) is 58.8 Å². The predicted octanol–water partition coefficient (Wildman–Crippen LogP) is 3.34.